The Bertz CT molecular complexity index is 610. The number of aromatic nitrogens is 1. The fourth-order valence-corrected chi connectivity index (χ4v) is 1.54. The molecule has 0 saturated heterocycles. The van der Waals surface area contributed by atoms with E-state index in [-0.39, 0.29) is 5.91 Å². The molecule has 0 saturated carbocycles. The standard InChI is InChI=1S/C10H5N3O/c14-10-6-3-5-12-8(6)9-7(13-10)2-1-4-11-9/h1-5H. The Kier molecular flexibility index (Phi) is 1.28. The summed E-state index contributed by atoms with van der Waals surface area (Å²) in [5.41, 5.74) is 1.18. The maximum Gasteiger partial charge on any atom is 0.279 e. The van der Waals surface area contributed by atoms with Crippen LogP contribution in [0.5, 0.6) is 0 Å². The Hall–Kier alpha value is -2.10. The summed E-state index contributed by atoms with van der Waals surface area (Å²) in [6.07, 6.45) is 4.93. The topological polar surface area (TPSA) is 54.7 Å². The highest BCUT2D eigenvalue weighted by Gasteiger charge is 2.21. The van der Waals surface area contributed by atoms with Gasteiger partial charge in [0.1, 0.15) is 11.0 Å². The number of hydrogen-bond acceptors (Lipinski definition) is 3. The molecule has 4 heteroatoms. The Morgan fingerprint density at radius 2 is 2.21 bits per heavy atom. The Balaban J connectivity index is 2.57. The van der Waals surface area contributed by atoms with E-state index < -0.39 is 0 Å². The Morgan fingerprint density at radius 1 is 1.29 bits per heavy atom. The summed E-state index contributed by atoms with van der Waals surface area (Å²) in [7, 11) is 0. The smallest absolute Gasteiger partial charge is 0.267 e. The lowest BCUT2D eigenvalue weighted by atomic mass is 10.1. The Labute approximate surface area is 79.0 Å². The zero-order valence-electron chi connectivity index (χ0n) is 7.14. The number of allylic oxidation sites excluding steroid dienone is 1. The van der Waals surface area contributed by atoms with E-state index in [1.54, 1.807) is 30.6 Å². The molecule has 3 heterocycles. The van der Waals surface area contributed by atoms with Crippen molar-refractivity contribution in [1.29, 1.82) is 0 Å². The first-order valence-electron chi connectivity index (χ1n) is 4.19. The summed E-state index contributed by atoms with van der Waals surface area (Å²) < 4.78 is 0. The molecular formula is C10H5N3O. The molecule has 0 aliphatic carbocycles. The third kappa shape index (κ3) is 0.821. The summed E-state index contributed by atoms with van der Waals surface area (Å²) in [5, 5.41) is 1.29. The first-order valence-corrected chi connectivity index (χ1v) is 4.19. The zero-order chi connectivity index (χ0) is 9.54. The highest BCUT2D eigenvalue weighted by atomic mass is 16.1. The minimum absolute atomic E-state index is 0.238. The number of carbonyl (C=O) groups excluding carboxylic acids is 1. The Morgan fingerprint density at radius 3 is 3.14 bits per heavy atom. The largest absolute Gasteiger partial charge is 0.279 e. The summed E-state index contributed by atoms with van der Waals surface area (Å²) >= 11 is 0. The van der Waals surface area contributed by atoms with E-state index in [0.717, 1.165) is 0 Å². The van der Waals surface area contributed by atoms with E-state index in [2.05, 4.69) is 15.0 Å². The highest BCUT2D eigenvalue weighted by molar-refractivity contribution is 6.13. The summed E-state index contributed by atoms with van der Waals surface area (Å²) in [6, 6.07) is 3.52. The third-order valence-electron chi connectivity index (χ3n) is 2.16. The molecule has 0 N–H and O–H groups in total. The fourth-order valence-electron chi connectivity index (χ4n) is 1.54. The average Bonchev–Trinajstić information content (AvgIpc) is 2.67. The van der Waals surface area contributed by atoms with Gasteiger partial charge in [-0.25, -0.2) is 4.99 Å². The van der Waals surface area contributed by atoms with Gasteiger partial charge in [0, 0.05) is 12.4 Å². The molecule has 0 spiro atoms. The van der Waals surface area contributed by atoms with Crippen LogP contribution in [0.15, 0.2) is 40.0 Å². The van der Waals surface area contributed by atoms with Crippen molar-refractivity contribution in [2.45, 2.75) is 0 Å². The van der Waals surface area contributed by atoms with Crippen molar-refractivity contribution in [2.75, 3.05) is 0 Å². The maximum atomic E-state index is 11.5. The minimum Gasteiger partial charge on any atom is -0.267 e. The van der Waals surface area contributed by atoms with Gasteiger partial charge in [-0.15, -0.1) is 0 Å². The van der Waals surface area contributed by atoms with Gasteiger partial charge in [-0.2, -0.15) is 0 Å². The zero-order valence-corrected chi connectivity index (χ0v) is 7.14. The first-order chi connectivity index (χ1) is 6.86. The SMILES string of the molecule is O=C1N=c2cccnc2=C2N=CC=C12. The van der Waals surface area contributed by atoms with E-state index in [1.807, 2.05) is 0 Å². The van der Waals surface area contributed by atoms with Crippen molar-refractivity contribution in [2.24, 2.45) is 9.98 Å². The van der Waals surface area contributed by atoms with Crippen LogP contribution in [0.2, 0.25) is 0 Å². The van der Waals surface area contributed by atoms with Gasteiger partial charge < -0.3 is 0 Å². The molecule has 0 radical (unpaired) electrons. The molecule has 1 aromatic rings. The van der Waals surface area contributed by atoms with Gasteiger partial charge in [0.15, 0.2) is 0 Å². The van der Waals surface area contributed by atoms with E-state index in [4.69, 9.17) is 0 Å². The van der Waals surface area contributed by atoms with E-state index in [9.17, 15) is 4.79 Å². The third-order valence-corrected chi connectivity index (χ3v) is 2.16. The summed E-state index contributed by atoms with van der Waals surface area (Å²) in [6.45, 7) is 0. The monoisotopic (exact) mass is 183 g/mol. The number of aliphatic imine (C=N–C) groups is 1. The lowest BCUT2D eigenvalue weighted by molar-refractivity contribution is -0.114. The van der Waals surface area contributed by atoms with E-state index in [1.165, 1.54) is 0 Å². The van der Waals surface area contributed by atoms with Crippen molar-refractivity contribution >= 4 is 17.8 Å². The van der Waals surface area contributed by atoms with E-state index >= 15 is 0 Å². The number of rotatable bonds is 0. The quantitative estimate of drug-likeness (QED) is 0.537. The van der Waals surface area contributed by atoms with Crippen LogP contribution in [0, 0.1) is 0 Å². The molecule has 1 aromatic heterocycles. The van der Waals surface area contributed by atoms with Crippen molar-refractivity contribution < 1.29 is 4.79 Å². The molecule has 0 aromatic carbocycles. The molecule has 3 rings (SSSR count). The van der Waals surface area contributed by atoms with Gasteiger partial charge in [-0.3, -0.25) is 14.8 Å². The van der Waals surface area contributed by atoms with Crippen LogP contribution in [0.3, 0.4) is 0 Å². The average molecular weight is 183 g/mol. The molecule has 4 nitrogen and oxygen atoms in total. The van der Waals surface area contributed by atoms with E-state index in [0.29, 0.717) is 22.0 Å². The van der Waals surface area contributed by atoms with Gasteiger partial charge in [0.25, 0.3) is 5.91 Å². The van der Waals surface area contributed by atoms with Crippen LogP contribution in [0.4, 0.5) is 0 Å². The van der Waals surface area contributed by atoms with Crippen LogP contribution >= 0.6 is 0 Å². The first kappa shape index (κ1) is 7.32. The molecule has 1 amide bonds. The molecule has 0 atom stereocenters. The maximum absolute atomic E-state index is 11.5. The van der Waals surface area contributed by atoms with Crippen molar-refractivity contribution in [3.63, 3.8) is 0 Å². The predicted octanol–water partition coefficient (Wildman–Crippen LogP) is -0.640. The minimum atomic E-state index is -0.238. The molecule has 0 unspecified atom stereocenters. The van der Waals surface area contributed by atoms with Gasteiger partial charge in [-0.05, 0) is 18.2 Å². The highest BCUT2D eigenvalue weighted by Crippen LogP contribution is 2.17. The fraction of sp³-hybridized carbons (Fsp3) is 0. The molecule has 2 aliphatic heterocycles. The molecule has 2 aliphatic rings. The van der Waals surface area contributed by atoms with Crippen LogP contribution in [-0.2, 0) is 4.79 Å². The predicted molar refractivity (Wildman–Crippen MR) is 50.0 cm³/mol. The number of carbonyl (C=O) groups is 1. The molecule has 66 valence electrons. The van der Waals surface area contributed by atoms with Crippen molar-refractivity contribution in [1.82, 2.24) is 4.98 Å². The van der Waals surface area contributed by atoms with Crippen LogP contribution < -0.4 is 10.7 Å². The molecule has 0 fully saturated rings. The number of amides is 1. The van der Waals surface area contributed by atoms with Crippen LogP contribution in [-0.4, -0.2) is 17.1 Å². The lowest BCUT2D eigenvalue weighted by Gasteiger charge is -2.03. The molecule has 0 bridgehead atoms. The summed E-state index contributed by atoms with van der Waals surface area (Å²) in [5.74, 6) is -0.238. The second-order valence-corrected chi connectivity index (χ2v) is 3.00. The van der Waals surface area contributed by atoms with Crippen molar-refractivity contribution in [3.05, 3.63) is 40.7 Å². The van der Waals surface area contributed by atoms with Gasteiger partial charge in [0.2, 0.25) is 0 Å². The number of nitrogens with zero attached hydrogens (tertiary/aromatic N) is 3. The van der Waals surface area contributed by atoms with Crippen LogP contribution in [0.25, 0.3) is 5.70 Å². The lowest BCUT2D eigenvalue weighted by Crippen LogP contribution is -2.35. The number of hydrogen-bond donors (Lipinski definition) is 0. The number of pyridine rings is 1. The van der Waals surface area contributed by atoms with Crippen molar-refractivity contribution in [3.8, 4) is 0 Å². The normalized spacial score (nSPS) is 17.3. The number of fused-ring (bicyclic) bond motifs is 2. The molecular weight excluding hydrogens is 178 g/mol. The van der Waals surface area contributed by atoms with Gasteiger partial charge in [-0.1, -0.05) is 0 Å². The van der Waals surface area contributed by atoms with Crippen LogP contribution in [0.1, 0.15) is 0 Å². The van der Waals surface area contributed by atoms with Gasteiger partial charge in [0.05, 0.1) is 10.9 Å². The summed E-state index contributed by atoms with van der Waals surface area (Å²) in [4.78, 5) is 23.7. The molecule has 14 heavy (non-hydrogen) atoms. The second-order valence-electron chi connectivity index (χ2n) is 3.00. The van der Waals surface area contributed by atoms with Gasteiger partial charge >= 0.3 is 0 Å². The second kappa shape index (κ2) is 2.45.